The summed E-state index contributed by atoms with van der Waals surface area (Å²) in [5.74, 6) is -0.628. The fraction of sp³-hybridized carbons (Fsp3) is 0.623. The van der Waals surface area contributed by atoms with Crippen molar-refractivity contribution < 1.29 is 37.3 Å². The zero-order chi connectivity index (χ0) is 57.9. The highest BCUT2D eigenvalue weighted by atomic mass is 31.2. The maximum absolute atomic E-state index is 13.5. The summed E-state index contributed by atoms with van der Waals surface area (Å²) in [6.45, 7) is 6.69. The molecule has 0 saturated carbocycles. The van der Waals surface area contributed by atoms with Crippen molar-refractivity contribution in [1.29, 1.82) is 0 Å². The molecule has 0 heterocycles. The Kier molecular flexibility index (Phi) is 54.2. The molecule has 0 rings (SSSR count). The maximum atomic E-state index is 13.5. The van der Waals surface area contributed by atoms with Crippen LogP contribution in [0.5, 0.6) is 0 Å². The molecule has 0 aromatic carbocycles. The van der Waals surface area contributed by atoms with Crippen molar-refractivity contribution in [3.05, 3.63) is 146 Å². The Hall–Kier alpha value is -4.11. The molecule has 79 heavy (non-hydrogen) atoms. The standard InChI is InChI=1S/C69H115N2O7P/c1-7-10-13-16-19-22-25-27-29-31-33-34-35-36-38-40-42-44-47-50-53-56-59-62-69(73)78-67(60-57-54-51-48-45-24-21-18-15-12-9-3)66(65-77-79(74,75)76-64-63-71(4,5)6)70-68(72)61-58-55-52-49-46-43-41-39-37-32-30-28-26-23-20-17-14-11-8-2/h10-11,13-14,19-20,22-23,27-30,33-34,36-39,43,46,52,55,57,60,66-67H,7-9,12,15-18,21,24-26,31-32,35,40-42,44-45,47-51,53-54,56,58-59,61-65H2,1-6H3,(H-,70,72,74,75)/p+1/b13-10-,14-11-,22-19-,23-20-,29-27-,30-28-,34-33-,38-36-,39-37-,46-43-,55-52-,60-57+. The van der Waals surface area contributed by atoms with Crippen LogP contribution in [0.3, 0.4) is 0 Å². The Bertz CT molecular complexity index is 1860. The molecule has 0 aliphatic heterocycles. The van der Waals surface area contributed by atoms with Crippen LogP contribution in [0.15, 0.2) is 146 Å². The molecule has 448 valence electrons. The van der Waals surface area contributed by atoms with Crippen molar-refractivity contribution in [2.24, 2.45) is 0 Å². The molecule has 0 aliphatic carbocycles. The van der Waals surface area contributed by atoms with Crippen LogP contribution in [-0.4, -0.2) is 74.3 Å². The number of quaternary nitrogens is 1. The Morgan fingerprint density at radius 1 is 0.456 bits per heavy atom. The number of carbonyl (C=O) groups excluding carboxylic acids is 2. The van der Waals surface area contributed by atoms with Gasteiger partial charge in [-0.1, -0.05) is 244 Å². The molecule has 3 atom stereocenters. The molecule has 0 radical (unpaired) electrons. The third-order valence-corrected chi connectivity index (χ3v) is 13.8. The minimum atomic E-state index is -4.48. The number of nitrogens with zero attached hydrogens (tertiary/aromatic N) is 1. The van der Waals surface area contributed by atoms with Crippen LogP contribution >= 0.6 is 7.82 Å². The molecule has 0 aromatic heterocycles. The Balaban J connectivity index is 5.34. The van der Waals surface area contributed by atoms with E-state index < -0.39 is 20.0 Å². The lowest BCUT2D eigenvalue weighted by Crippen LogP contribution is -2.47. The summed E-state index contributed by atoms with van der Waals surface area (Å²) in [6.07, 6.45) is 83.0. The van der Waals surface area contributed by atoms with Crippen LogP contribution in [0, 0.1) is 0 Å². The van der Waals surface area contributed by atoms with E-state index in [2.05, 4.69) is 148 Å². The molecule has 0 fully saturated rings. The van der Waals surface area contributed by atoms with E-state index in [1.54, 1.807) is 0 Å². The van der Waals surface area contributed by atoms with E-state index in [-0.39, 0.29) is 37.9 Å². The first-order chi connectivity index (χ1) is 38.4. The van der Waals surface area contributed by atoms with Gasteiger partial charge in [-0.25, -0.2) is 4.57 Å². The number of carbonyl (C=O) groups is 2. The fourth-order valence-corrected chi connectivity index (χ4v) is 8.78. The number of allylic oxidation sites excluding steroid dienone is 23. The first-order valence-electron chi connectivity index (χ1n) is 31.2. The van der Waals surface area contributed by atoms with E-state index >= 15 is 0 Å². The van der Waals surface area contributed by atoms with Gasteiger partial charge in [0.25, 0.3) is 0 Å². The van der Waals surface area contributed by atoms with Gasteiger partial charge in [-0.2, -0.15) is 0 Å². The Labute approximate surface area is 485 Å². The van der Waals surface area contributed by atoms with E-state index in [1.165, 1.54) is 64.2 Å². The second-order valence-electron chi connectivity index (χ2n) is 21.5. The van der Waals surface area contributed by atoms with Crippen LogP contribution in [0.2, 0.25) is 0 Å². The highest BCUT2D eigenvalue weighted by Gasteiger charge is 2.30. The highest BCUT2D eigenvalue weighted by molar-refractivity contribution is 7.47. The number of phosphoric ester groups is 1. The van der Waals surface area contributed by atoms with Crippen molar-refractivity contribution >= 4 is 19.7 Å². The zero-order valence-electron chi connectivity index (χ0n) is 51.1. The highest BCUT2D eigenvalue weighted by Crippen LogP contribution is 2.43. The molecule has 9 nitrogen and oxygen atoms in total. The van der Waals surface area contributed by atoms with E-state index in [0.717, 1.165) is 116 Å². The maximum Gasteiger partial charge on any atom is 0.472 e. The largest absolute Gasteiger partial charge is 0.472 e. The Morgan fingerprint density at radius 3 is 1.24 bits per heavy atom. The minimum Gasteiger partial charge on any atom is -0.456 e. The normalized spacial score (nSPS) is 14.7. The molecule has 0 aromatic rings. The first-order valence-corrected chi connectivity index (χ1v) is 32.7. The molecule has 10 heteroatoms. The molecular formula is C69H116N2O7P+. The van der Waals surface area contributed by atoms with Crippen molar-refractivity contribution in [3.8, 4) is 0 Å². The van der Waals surface area contributed by atoms with Gasteiger partial charge in [0.15, 0.2) is 0 Å². The lowest BCUT2D eigenvalue weighted by Gasteiger charge is -2.27. The summed E-state index contributed by atoms with van der Waals surface area (Å²) in [7, 11) is 1.42. The third kappa shape index (κ3) is 58.4. The van der Waals surface area contributed by atoms with Crippen molar-refractivity contribution in [2.45, 2.75) is 238 Å². The van der Waals surface area contributed by atoms with Crippen molar-refractivity contribution in [3.63, 3.8) is 0 Å². The SMILES string of the molecule is CC/C=C\C/C=C\C/C=C\C/C=C\C/C=C\C/C=C\CCC(=O)NC(COP(=O)(O)OCC[N+](C)(C)C)C(/C=C/CCCCCCCCCCC)OC(=O)CCCCCCCCC/C=C\C/C=C\C/C=C\C/C=C\C/C=C\CC. The van der Waals surface area contributed by atoms with Crippen LogP contribution in [0.25, 0.3) is 0 Å². The lowest BCUT2D eigenvalue weighted by atomic mass is 10.1. The monoisotopic (exact) mass is 1120 g/mol. The quantitative estimate of drug-likeness (QED) is 0.0205. The van der Waals surface area contributed by atoms with Gasteiger partial charge >= 0.3 is 13.8 Å². The van der Waals surface area contributed by atoms with Gasteiger partial charge < -0.3 is 19.4 Å². The number of phosphoric acid groups is 1. The fourth-order valence-electron chi connectivity index (χ4n) is 8.05. The van der Waals surface area contributed by atoms with Crippen LogP contribution < -0.4 is 5.32 Å². The number of rotatable bonds is 54. The lowest BCUT2D eigenvalue weighted by molar-refractivity contribution is -0.870. The molecule has 0 spiro atoms. The molecule has 0 saturated heterocycles. The molecular weight excluding hydrogens is 1000 g/mol. The van der Waals surface area contributed by atoms with Crippen molar-refractivity contribution in [2.75, 3.05) is 40.9 Å². The zero-order valence-corrected chi connectivity index (χ0v) is 51.9. The molecule has 3 unspecified atom stereocenters. The van der Waals surface area contributed by atoms with Gasteiger partial charge in [0, 0.05) is 12.8 Å². The molecule has 1 amide bonds. The second kappa shape index (κ2) is 57.1. The summed E-state index contributed by atoms with van der Waals surface area (Å²) in [5.41, 5.74) is 0. The summed E-state index contributed by atoms with van der Waals surface area (Å²) in [6, 6.07) is -0.904. The average Bonchev–Trinajstić information content (AvgIpc) is 3.41. The number of amides is 1. The van der Waals surface area contributed by atoms with Gasteiger partial charge in [0.1, 0.15) is 19.3 Å². The number of nitrogens with one attached hydrogen (secondary N) is 1. The summed E-state index contributed by atoms with van der Waals surface area (Å²) in [4.78, 5) is 37.7. The van der Waals surface area contributed by atoms with Gasteiger partial charge in [-0.3, -0.25) is 18.6 Å². The molecule has 0 bridgehead atoms. The number of likely N-dealkylation sites (N-methyl/N-ethyl adjacent to an activating group) is 1. The predicted molar refractivity (Wildman–Crippen MR) is 341 cm³/mol. The second-order valence-corrected chi connectivity index (χ2v) is 22.9. The van der Waals surface area contributed by atoms with Crippen LogP contribution in [0.4, 0.5) is 0 Å². The van der Waals surface area contributed by atoms with E-state index in [9.17, 15) is 19.0 Å². The van der Waals surface area contributed by atoms with Gasteiger partial charge in [0.05, 0.1) is 33.8 Å². The topological polar surface area (TPSA) is 111 Å². The Morgan fingerprint density at radius 2 is 0.823 bits per heavy atom. The van der Waals surface area contributed by atoms with E-state index in [1.807, 2.05) is 45.4 Å². The summed E-state index contributed by atoms with van der Waals surface area (Å²) < 4.78 is 30.6. The minimum absolute atomic E-state index is 0.0163. The summed E-state index contributed by atoms with van der Waals surface area (Å²) in [5, 5.41) is 3.00. The number of ether oxygens (including phenoxy) is 1. The first kappa shape index (κ1) is 74.9. The molecule has 0 aliphatic rings. The van der Waals surface area contributed by atoms with Gasteiger partial charge in [-0.05, 0) is 115 Å². The van der Waals surface area contributed by atoms with E-state index in [4.69, 9.17) is 13.8 Å². The number of hydrogen-bond acceptors (Lipinski definition) is 6. The van der Waals surface area contributed by atoms with Crippen LogP contribution in [0.1, 0.15) is 226 Å². The summed E-state index contributed by atoms with van der Waals surface area (Å²) >= 11 is 0. The molecule has 2 N–H and O–H groups in total. The predicted octanol–water partition coefficient (Wildman–Crippen LogP) is 19.4. The number of hydrogen-bond donors (Lipinski definition) is 2. The van der Waals surface area contributed by atoms with Crippen LogP contribution in [-0.2, 0) is 27.9 Å². The smallest absolute Gasteiger partial charge is 0.456 e. The van der Waals surface area contributed by atoms with E-state index in [0.29, 0.717) is 23.9 Å². The number of esters is 1. The van der Waals surface area contributed by atoms with Gasteiger partial charge in [-0.15, -0.1) is 0 Å². The van der Waals surface area contributed by atoms with Crippen molar-refractivity contribution in [1.82, 2.24) is 5.32 Å². The number of unbranched alkanes of at least 4 members (excludes halogenated alkanes) is 16. The third-order valence-electron chi connectivity index (χ3n) is 12.8. The van der Waals surface area contributed by atoms with Gasteiger partial charge in [0.2, 0.25) is 5.91 Å². The average molecular weight is 1120 g/mol.